The van der Waals surface area contributed by atoms with Gasteiger partial charge in [-0.05, 0) is 29.5 Å². The fraction of sp³-hybridized carbons (Fsp3) is 0.333. The molecule has 27 heavy (non-hydrogen) atoms. The third kappa shape index (κ3) is 3.86. The minimum Gasteiger partial charge on any atom is -0.380 e. The molecule has 0 spiro atoms. The summed E-state index contributed by atoms with van der Waals surface area (Å²) in [5.41, 5.74) is -2.89. The lowest BCUT2D eigenvalue weighted by atomic mass is 9.73. The number of halogens is 4. The minimum absolute atomic E-state index is 0.138. The third-order valence-electron chi connectivity index (χ3n) is 4.96. The maximum atomic E-state index is 13.8. The zero-order valence-corrected chi connectivity index (χ0v) is 15.1. The van der Waals surface area contributed by atoms with Gasteiger partial charge in [-0.15, -0.1) is 0 Å². The van der Waals surface area contributed by atoms with Crippen LogP contribution in [0.15, 0.2) is 54.6 Å². The maximum absolute atomic E-state index is 13.8. The predicted molar refractivity (Wildman–Crippen MR) is 97.1 cm³/mol. The van der Waals surface area contributed by atoms with E-state index in [-0.39, 0.29) is 11.2 Å². The molecule has 1 unspecified atom stereocenters. The number of alkyl halides is 3. The van der Waals surface area contributed by atoms with Crippen LogP contribution < -0.4 is 0 Å². The second kappa shape index (κ2) is 6.68. The second-order valence-corrected chi connectivity index (χ2v) is 7.63. The van der Waals surface area contributed by atoms with Crippen LogP contribution in [-0.4, -0.2) is 21.9 Å². The van der Waals surface area contributed by atoms with Crippen molar-refractivity contribution < 1.29 is 22.7 Å². The number of benzene rings is 2. The highest BCUT2D eigenvalue weighted by molar-refractivity contribution is 5.80. The summed E-state index contributed by atoms with van der Waals surface area (Å²) < 4.78 is 55.3. The summed E-state index contributed by atoms with van der Waals surface area (Å²) in [5, 5.41) is 11.1. The summed E-state index contributed by atoms with van der Waals surface area (Å²) >= 11 is 0. The topological polar surface area (TPSA) is 36.0 Å². The highest BCUT2D eigenvalue weighted by atomic mass is 19.4. The SMILES string of the molecule is CC(C)(CC(O)(Cc1cc2cccc(F)c2[nH]1)C(F)(F)F)c1ccccc1. The number of H-pyrrole nitrogens is 1. The van der Waals surface area contributed by atoms with E-state index in [1.165, 1.54) is 18.2 Å². The maximum Gasteiger partial charge on any atom is 0.417 e. The number of aliphatic hydroxyl groups is 1. The first-order valence-corrected chi connectivity index (χ1v) is 8.63. The van der Waals surface area contributed by atoms with Gasteiger partial charge in [0.05, 0.1) is 5.52 Å². The van der Waals surface area contributed by atoms with Crippen LogP contribution in [0.4, 0.5) is 17.6 Å². The second-order valence-electron chi connectivity index (χ2n) is 7.63. The number of fused-ring (bicyclic) bond motifs is 1. The van der Waals surface area contributed by atoms with E-state index < -0.39 is 35.9 Å². The molecule has 6 heteroatoms. The van der Waals surface area contributed by atoms with Gasteiger partial charge in [0.25, 0.3) is 0 Å². The van der Waals surface area contributed by atoms with Gasteiger partial charge < -0.3 is 10.1 Å². The van der Waals surface area contributed by atoms with Gasteiger partial charge in [0.2, 0.25) is 0 Å². The number of nitrogens with one attached hydrogen (secondary N) is 1. The Bertz CT molecular complexity index is 930. The van der Waals surface area contributed by atoms with Crippen LogP contribution in [0.1, 0.15) is 31.5 Å². The molecule has 0 radical (unpaired) electrons. The molecule has 144 valence electrons. The number of aromatic amines is 1. The van der Waals surface area contributed by atoms with Crippen molar-refractivity contribution in [3.05, 3.63) is 71.7 Å². The first-order chi connectivity index (χ1) is 12.5. The molecule has 1 aromatic heterocycles. The first kappa shape index (κ1) is 19.4. The van der Waals surface area contributed by atoms with Gasteiger partial charge in [-0.3, -0.25) is 0 Å². The van der Waals surface area contributed by atoms with Crippen molar-refractivity contribution in [2.75, 3.05) is 0 Å². The van der Waals surface area contributed by atoms with Crippen molar-refractivity contribution in [1.82, 2.24) is 4.98 Å². The Morgan fingerprint density at radius 2 is 1.63 bits per heavy atom. The summed E-state index contributed by atoms with van der Waals surface area (Å²) in [7, 11) is 0. The summed E-state index contributed by atoms with van der Waals surface area (Å²) in [4.78, 5) is 2.68. The van der Waals surface area contributed by atoms with Crippen molar-refractivity contribution in [2.24, 2.45) is 0 Å². The predicted octanol–water partition coefficient (Wildman–Crippen LogP) is 5.51. The van der Waals surface area contributed by atoms with E-state index in [0.717, 1.165) is 0 Å². The zero-order chi connectivity index (χ0) is 19.9. The average Bonchev–Trinajstić information content (AvgIpc) is 2.98. The lowest BCUT2D eigenvalue weighted by Crippen LogP contribution is -2.50. The zero-order valence-electron chi connectivity index (χ0n) is 15.1. The van der Waals surface area contributed by atoms with E-state index in [4.69, 9.17) is 0 Å². The minimum atomic E-state index is -4.84. The number of rotatable bonds is 5. The highest BCUT2D eigenvalue weighted by Gasteiger charge is 2.56. The molecule has 2 N–H and O–H groups in total. The van der Waals surface area contributed by atoms with Crippen LogP contribution >= 0.6 is 0 Å². The van der Waals surface area contributed by atoms with Crippen LogP contribution in [0.2, 0.25) is 0 Å². The number of hydrogen-bond acceptors (Lipinski definition) is 1. The fourth-order valence-corrected chi connectivity index (χ4v) is 3.57. The Morgan fingerprint density at radius 3 is 2.22 bits per heavy atom. The molecular weight excluding hydrogens is 358 g/mol. The summed E-state index contributed by atoms with van der Waals surface area (Å²) in [6.45, 7) is 3.34. The summed E-state index contributed by atoms with van der Waals surface area (Å²) in [5.74, 6) is -0.543. The molecule has 2 nitrogen and oxygen atoms in total. The van der Waals surface area contributed by atoms with Gasteiger partial charge in [-0.1, -0.05) is 56.3 Å². The lowest BCUT2D eigenvalue weighted by molar-refractivity contribution is -0.266. The lowest BCUT2D eigenvalue weighted by Gasteiger charge is -2.37. The molecule has 0 aliphatic carbocycles. The normalized spacial score (nSPS) is 15.1. The molecule has 3 aromatic rings. The Kier molecular flexibility index (Phi) is 4.80. The summed E-state index contributed by atoms with van der Waals surface area (Å²) in [6.07, 6.45) is -6.04. The fourth-order valence-electron chi connectivity index (χ4n) is 3.57. The van der Waals surface area contributed by atoms with E-state index in [2.05, 4.69) is 4.98 Å². The molecule has 1 atom stereocenters. The van der Waals surface area contributed by atoms with Crippen LogP contribution in [0, 0.1) is 5.82 Å². The molecule has 0 aliphatic heterocycles. The van der Waals surface area contributed by atoms with Crippen molar-refractivity contribution in [2.45, 2.75) is 43.9 Å². The largest absolute Gasteiger partial charge is 0.417 e. The molecule has 0 saturated carbocycles. The molecule has 2 aromatic carbocycles. The molecule has 0 amide bonds. The molecule has 0 aliphatic rings. The van der Waals surface area contributed by atoms with E-state index in [0.29, 0.717) is 10.9 Å². The quantitative estimate of drug-likeness (QED) is 0.564. The van der Waals surface area contributed by atoms with Crippen molar-refractivity contribution in [3.63, 3.8) is 0 Å². The van der Waals surface area contributed by atoms with Gasteiger partial charge >= 0.3 is 6.18 Å². The van der Waals surface area contributed by atoms with Crippen molar-refractivity contribution >= 4 is 10.9 Å². The van der Waals surface area contributed by atoms with Crippen LogP contribution in [0.5, 0.6) is 0 Å². The number of aromatic nitrogens is 1. The van der Waals surface area contributed by atoms with Crippen molar-refractivity contribution in [3.8, 4) is 0 Å². The van der Waals surface area contributed by atoms with Crippen LogP contribution in [-0.2, 0) is 11.8 Å². The van der Waals surface area contributed by atoms with Gasteiger partial charge in [0.15, 0.2) is 5.60 Å². The van der Waals surface area contributed by atoms with Gasteiger partial charge in [0.1, 0.15) is 5.82 Å². The summed E-state index contributed by atoms with van der Waals surface area (Å²) in [6, 6.07) is 14.6. The monoisotopic (exact) mass is 379 g/mol. The van der Waals surface area contributed by atoms with Gasteiger partial charge in [-0.2, -0.15) is 13.2 Å². The molecule has 3 rings (SSSR count). The van der Waals surface area contributed by atoms with E-state index in [1.54, 1.807) is 50.2 Å². The van der Waals surface area contributed by atoms with E-state index in [9.17, 15) is 22.7 Å². The van der Waals surface area contributed by atoms with E-state index in [1.807, 2.05) is 0 Å². The molecule has 0 saturated heterocycles. The Hall–Kier alpha value is -2.34. The Labute approximate surface area is 154 Å². The van der Waals surface area contributed by atoms with Gasteiger partial charge in [-0.25, -0.2) is 4.39 Å². The first-order valence-electron chi connectivity index (χ1n) is 8.63. The highest BCUT2D eigenvalue weighted by Crippen LogP contribution is 2.43. The molecule has 0 fully saturated rings. The number of hydrogen-bond donors (Lipinski definition) is 2. The molecule has 1 heterocycles. The average molecular weight is 379 g/mol. The van der Waals surface area contributed by atoms with Gasteiger partial charge in [0, 0.05) is 17.5 Å². The Morgan fingerprint density at radius 1 is 0.963 bits per heavy atom. The van der Waals surface area contributed by atoms with Crippen LogP contribution in [0.3, 0.4) is 0 Å². The number of para-hydroxylation sites is 1. The third-order valence-corrected chi connectivity index (χ3v) is 4.96. The standard InChI is InChI=1S/C21H21F4NO/c1-19(2,15-8-4-3-5-9-15)13-20(27,21(23,24)25)12-16-11-14-7-6-10-17(22)18(14)26-16/h3-11,26-27H,12-13H2,1-2H3. The van der Waals surface area contributed by atoms with Crippen molar-refractivity contribution in [1.29, 1.82) is 0 Å². The molecule has 0 bridgehead atoms. The Balaban J connectivity index is 1.96. The van der Waals surface area contributed by atoms with E-state index >= 15 is 0 Å². The smallest absolute Gasteiger partial charge is 0.380 e. The molecular formula is C21H21F4NO. The van der Waals surface area contributed by atoms with Crippen LogP contribution in [0.25, 0.3) is 10.9 Å².